The molecule has 2 aromatic carbocycles. The predicted molar refractivity (Wildman–Crippen MR) is 186 cm³/mol. The molecule has 1 fully saturated rings. The maximum Gasteiger partial charge on any atom is 0.416 e. The van der Waals surface area contributed by atoms with E-state index >= 15 is 4.39 Å². The number of hydrogen-bond donors (Lipinski definition) is 2. The SMILES string of the molecule is CCOC(=O)C[C@H](NC(=O)C(c1cc(Br)ccc1F)n1cc(CCN2CC(F)C2)c(C(F)(F)F)cc1=O)c1cc(-c2c(C)cccc2O)sc1C. The normalized spacial score (nSPS) is 14.9. The van der Waals surface area contributed by atoms with Crippen molar-refractivity contribution in [3.8, 4) is 16.2 Å². The molecular weight excluding hydrogens is 761 g/mol. The summed E-state index contributed by atoms with van der Waals surface area (Å²) in [5.74, 6) is -2.54. The van der Waals surface area contributed by atoms with Crippen LogP contribution in [-0.2, 0) is 26.9 Å². The summed E-state index contributed by atoms with van der Waals surface area (Å²) in [5.41, 5.74) is -1.28. The van der Waals surface area contributed by atoms with Crippen molar-refractivity contribution in [2.45, 2.75) is 58.0 Å². The summed E-state index contributed by atoms with van der Waals surface area (Å²) in [6, 6.07) is 7.88. The molecule has 4 aromatic rings. The first-order valence-electron chi connectivity index (χ1n) is 16.1. The largest absolute Gasteiger partial charge is 0.507 e. The number of alkyl halides is 4. The summed E-state index contributed by atoms with van der Waals surface area (Å²) in [4.78, 5) is 43.7. The van der Waals surface area contributed by atoms with Crippen LogP contribution in [0.25, 0.3) is 10.4 Å². The van der Waals surface area contributed by atoms with E-state index in [0.717, 1.165) is 22.4 Å². The van der Waals surface area contributed by atoms with Gasteiger partial charge in [0.25, 0.3) is 5.56 Å². The van der Waals surface area contributed by atoms with Gasteiger partial charge in [-0.05, 0) is 74.2 Å². The number of amides is 1. The van der Waals surface area contributed by atoms with Gasteiger partial charge in [-0.15, -0.1) is 11.3 Å². The van der Waals surface area contributed by atoms with Gasteiger partial charge in [0, 0.05) is 57.3 Å². The number of halogens is 6. The van der Waals surface area contributed by atoms with Gasteiger partial charge in [-0.1, -0.05) is 28.1 Å². The van der Waals surface area contributed by atoms with Gasteiger partial charge in [0.05, 0.1) is 24.6 Å². The van der Waals surface area contributed by atoms with Gasteiger partial charge in [-0.25, -0.2) is 8.78 Å². The highest BCUT2D eigenvalue weighted by Gasteiger charge is 2.37. The van der Waals surface area contributed by atoms with Gasteiger partial charge in [0.15, 0.2) is 0 Å². The Balaban J connectivity index is 1.61. The number of aryl methyl sites for hydroxylation is 2. The fourth-order valence-corrected chi connectivity index (χ4v) is 7.76. The molecule has 0 aliphatic carbocycles. The van der Waals surface area contributed by atoms with E-state index in [-0.39, 0.29) is 56.0 Å². The number of phenols is 1. The van der Waals surface area contributed by atoms with Crippen LogP contribution in [0.4, 0.5) is 22.0 Å². The van der Waals surface area contributed by atoms with E-state index in [0.29, 0.717) is 31.4 Å². The standard InChI is InChI=1S/C36H35BrF5N3O5S/c1-4-50-32(48)15-28(24-13-30(51-20(24)3)33-19(2)6-5-7-29(33)46)43-35(49)34(25-12-22(37)8-9-27(25)39)45-16-21(10-11-44-17-23(38)18-44)26(14-31(45)47)36(40,41)42/h5-9,12-14,16,23,28,34,46H,4,10-11,15,17-18H2,1-3H3,(H,43,49)/t28-,34?/m0/s1. The van der Waals surface area contributed by atoms with Crippen molar-refractivity contribution in [1.29, 1.82) is 0 Å². The van der Waals surface area contributed by atoms with E-state index in [9.17, 15) is 37.1 Å². The third kappa shape index (κ3) is 8.70. The van der Waals surface area contributed by atoms with Crippen LogP contribution in [-0.4, -0.2) is 58.9 Å². The van der Waals surface area contributed by atoms with Crippen molar-refractivity contribution in [3.63, 3.8) is 0 Å². The summed E-state index contributed by atoms with van der Waals surface area (Å²) in [7, 11) is 0. The number of hydrogen-bond acceptors (Lipinski definition) is 7. The van der Waals surface area contributed by atoms with Crippen molar-refractivity contribution in [2.75, 3.05) is 26.2 Å². The van der Waals surface area contributed by atoms with Crippen molar-refractivity contribution in [2.24, 2.45) is 0 Å². The van der Waals surface area contributed by atoms with Gasteiger partial charge < -0.3 is 15.2 Å². The minimum absolute atomic E-state index is 0.0232. The van der Waals surface area contributed by atoms with Crippen LogP contribution < -0.4 is 10.9 Å². The van der Waals surface area contributed by atoms with Crippen LogP contribution in [0.5, 0.6) is 5.75 Å². The van der Waals surface area contributed by atoms with Crippen LogP contribution in [0.3, 0.4) is 0 Å². The van der Waals surface area contributed by atoms with Crippen molar-refractivity contribution in [1.82, 2.24) is 14.8 Å². The second-order valence-electron chi connectivity index (χ2n) is 12.3. The summed E-state index contributed by atoms with van der Waals surface area (Å²) >= 11 is 4.55. The highest BCUT2D eigenvalue weighted by Crippen LogP contribution is 2.41. The molecule has 0 bridgehead atoms. The lowest BCUT2D eigenvalue weighted by atomic mass is 9.99. The number of esters is 1. The molecule has 1 saturated heterocycles. The van der Waals surface area contributed by atoms with Crippen LogP contribution >= 0.6 is 27.3 Å². The number of ether oxygens (including phenoxy) is 1. The second-order valence-corrected chi connectivity index (χ2v) is 14.5. The maximum absolute atomic E-state index is 15.6. The number of thiophene rings is 1. The van der Waals surface area contributed by atoms with E-state index in [1.54, 1.807) is 30.9 Å². The number of benzene rings is 2. The van der Waals surface area contributed by atoms with E-state index in [1.165, 1.54) is 29.5 Å². The summed E-state index contributed by atoms with van der Waals surface area (Å²) < 4.78 is 77.8. The topological polar surface area (TPSA) is 101 Å². The third-order valence-corrected chi connectivity index (χ3v) is 10.3. The zero-order chi connectivity index (χ0) is 37.2. The first-order chi connectivity index (χ1) is 24.1. The number of nitrogens with one attached hydrogen (secondary N) is 1. The third-order valence-electron chi connectivity index (χ3n) is 8.68. The Bertz CT molecular complexity index is 1970. The van der Waals surface area contributed by atoms with Crippen molar-refractivity contribution < 1.29 is 41.4 Å². The Hall–Kier alpha value is -4.08. The number of aromatic hydroxyl groups is 1. The molecule has 1 aliphatic heterocycles. The summed E-state index contributed by atoms with van der Waals surface area (Å²) in [6.45, 7) is 5.40. The first kappa shape index (κ1) is 38.2. The Kier molecular flexibility index (Phi) is 11.7. The van der Waals surface area contributed by atoms with E-state index in [4.69, 9.17) is 4.74 Å². The van der Waals surface area contributed by atoms with Crippen LogP contribution in [0.15, 0.2) is 64.0 Å². The molecule has 272 valence electrons. The molecule has 2 aromatic heterocycles. The molecule has 15 heteroatoms. The quantitative estimate of drug-likeness (QED) is 0.115. The molecule has 8 nitrogen and oxygen atoms in total. The number of likely N-dealkylation sites (tertiary alicyclic amines) is 1. The molecular formula is C36H35BrF5N3O5S. The van der Waals surface area contributed by atoms with Crippen LogP contribution in [0.2, 0.25) is 0 Å². The molecule has 2 atom stereocenters. The highest BCUT2D eigenvalue weighted by molar-refractivity contribution is 9.10. The average Bonchev–Trinajstić information content (AvgIpc) is 3.41. The number of carbonyl (C=O) groups excluding carboxylic acids is 2. The zero-order valence-electron chi connectivity index (χ0n) is 27.8. The fraction of sp³-hybridized carbons (Fsp3) is 0.361. The molecule has 1 amide bonds. The smallest absolute Gasteiger partial charge is 0.416 e. The lowest BCUT2D eigenvalue weighted by Gasteiger charge is -2.34. The van der Waals surface area contributed by atoms with Gasteiger partial charge in [-0.3, -0.25) is 23.9 Å². The molecule has 1 unspecified atom stereocenters. The highest BCUT2D eigenvalue weighted by atomic mass is 79.9. The van der Waals surface area contributed by atoms with Crippen molar-refractivity contribution in [3.05, 3.63) is 108 Å². The molecule has 1 aliphatic rings. The fourth-order valence-electron chi connectivity index (χ4n) is 6.18. The average molecular weight is 797 g/mol. The molecule has 51 heavy (non-hydrogen) atoms. The van der Waals surface area contributed by atoms with E-state index in [1.807, 2.05) is 13.0 Å². The maximum atomic E-state index is 15.6. The Labute approximate surface area is 303 Å². The van der Waals surface area contributed by atoms with Crippen LogP contribution in [0, 0.1) is 19.7 Å². The second kappa shape index (κ2) is 15.7. The minimum atomic E-state index is -4.92. The summed E-state index contributed by atoms with van der Waals surface area (Å²) in [5, 5.41) is 13.4. The van der Waals surface area contributed by atoms with Crippen LogP contribution in [0.1, 0.15) is 58.1 Å². The number of aromatic nitrogens is 1. The molecule has 5 rings (SSSR count). The van der Waals surface area contributed by atoms with E-state index < -0.39 is 53.2 Å². The first-order valence-corrected chi connectivity index (χ1v) is 17.7. The number of carbonyl (C=O) groups is 2. The Morgan fingerprint density at radius 3 is 2.49 bits per heavy atom. The molecule has 0 radical (unpaired) electrons. The summed E-state index contributed by atoms with van der Waals surface area (Å²) in [6.07, 6.45) is -5.71. The number of pyridine rings is 1. The number of phenolic OH excluding ortho intramolecular Hbond substituents is 1. The van der Waals surface area contributed by atoms with Gasteiger partial charge in [-0.2, -0.15) is 13.2 Å². The lowest BCUT2D eigenvalue weighted by molar-refractivity contribution is -0.144. The molecule has 3 heterocycles. The Morgan fingerprint density at radius 1 is 1.12 bits per heavy atom. The number of nitrogens with zero attached hydrogens (tertiary/aromatic N) is 2. The van der Waals surface area contributed by atoms with Crippen molar-refractivity contribution >= 4 is 39.1 Å². The molecule has 0 spiro atoms. The lowest BCUT2D eigenvalue weighted by Crippen LogP contribution is -2.49. The minimum Gasteiger partial charge on any atom is -0.507 e. The van der Waals surface area contributed by atoms with Gasteiger partial charge >= 0.3 is 12.1 Å². The molecule has 2 N–H and O–H groups in total. The Morgan fingerprint density at radius 2 is 1.84 bits per heavy atom. The van der Waals surface area contributed by atoms with Gasteiger partial charge in [0.1, 0.15) is 23.8 Å². The zero-order valence-corrected chi connectivity index (χ0v) is 30.2. The molecule has 0 saturated carbocycles. The van der Waals surface area contributed by atoms with E-state index in [2.05, 4.69) is 21.2 Å². The predicted octanol–water partition coefficient (Wildman–Crippen LogP) is 7.42. The van der Waals surface area contributed by atoms with Gasteiger partial charge in [0.2, 0.25) is 5.91 Å². The number of rotatable bonds is 12. The monoisotopic (exact) mass is 795 g/mol.